The zero-order valence-corrected chi connectivity index (χ0v) is 7.44. The van der Waals surface area contributed by atoms with Gasteiger partial charge in [-0.25, -0.2) is 0 Å². The van der Waals surface area contributed by atoms with Crippen molar-refractivity contribution in [3.8, 4) is 0 Å². The maximum absolute atomic E-state index is 9.00. The molecule has 5 heteroatoms. The van der Waals surface area contributed by atoms with Gasteiger partial charge in [0.15, 0.2) is 0 Å². The summed E-state index contributed by atoms with van der Waals surface area (Å²) >= 11 is 5.22. The highest BCUT2D eigenvalue weighted by molar-refractivity contribution is 7.14. The van der Waals surface area contributed by atoms with Gasteiger partial charge in [0.1, 0.15) is 0 Å². The zero-order chi connectivity index (χ0) is 8.08. The molecule has 0 aromatic carbocycles. The van der Waals surface area contributed by atoms with Crippen molar-refractivity contribution < 1.29 is 14.7 Å². The normalized spacial score (nSPS) is 9.44. The molecule has 0 amide bonds. The van der Waals surface area contributed by atoms with Crippen LogP contribution >= 0.6 is 11.1 Å². The first-order valence-corrected chi connectivity index (χ1v) is 6.30. The number of rotatable bonds is 0. The van der Waals surface area contributed by atoms with Crippen molar-refractivity contribution in [2.24, 2.45) is 0 Å². The summed E-state index contributed by atoms with van der Waals surface area (Å²) < 4.78 is 0. The minimum absolute atomic E-state index is 0.833. The summed E-state index contributed by atoms with van der Waals surface area (Å²) in [5.74, 6) is -0.833. The summed E-state index contributed by atoms with van der Waals surface area (Å²) in [7, 11) is -2.14. The van der Waals surface area contributed by atoms with Gasteiger partial charge in [0.05, 0.1) is 0 Å². The third-order valence-electron chi connectivity index (χ3n) is 0. The maximum Gasteiger partial charge on any atom is 0.300 e. The summed E-state index contributed by atoms with van der Waals surface area (Å²) in [6.07, 6.45) is 0. The van der Waals surface area contributed by atoms with E-state index in [2.05, 4.69) is 0 Å². The average molecular weight is 171 g/mol. The van der Waals surface area contributed by atoms with Gasteiger partial charge < -0.3 is 9.90 Å². The van der Waals surface area contributed by atoms with Gasteiger partial charge in [-0.05, 0) is 13.1 Å². The van der Waals surface area contributed by atoms with E-state index in [0.717, 1.165) is 6.92 Å². The van der Waals surface area contributed by atoms with Crippen LogP contribution in [0.2, 0.25) is 13.1 Å². The van der Waals surface area contributed by atoms with E-state index in [1.54, 1.807) is 13.1 Å². The van der Waals surface area contributed by atoms with Crippen LogP contribution in [0.4, 0.5) is 0 Å². The first kappa shape index (κ1) is 11.7. The van der Waals surface area contributed by atoms with Crippen LogP contribution in [0.5, 0.6) is 0 Å². The number of halogens is 1. The van der Waals surface area contributed by atoms with Crippen LogP contribution < -0.4 is 0 Å². The Balaban J connectivity index is 0. The van der Waals surface area contributed by atoms with Crippen LogP contribution in [0, 0.1) is 0 Å². The Hall–Kier alpha value is -0.0631. The fraction of sp³-hybridized carbons (Fsp3) is 0.750. The lowest BCUT2D eigenvalue weighted by Gasteiger charge is -1.96. The highest BCUT2D eigenvalue weighted by Gasteiger charge is 2.08. The van der Waals surface area contributed by atoms with Gasteiger partial charge in [-0.2, -0.15) is 0 Å². The molecule has 0 spiro atoms. The zero-order valence-electron chi connectivity index (χ0n) is 5.68. The second-order valence-corrected chi connectivity index (χ2v) is 7.52. The number of carboxylic acid groups (broad SMARTS) is 1. The standard InChI is InChI=1S/C2H7ClOSi.C2H4O2/c1-5(2,3)4;1-2(3)4/h4H,1-2H3;1H3,(H,3,4). The van der Waals surface area contributed by atoms with Crippen LogP contribution in [0.3, 0.4) is 0 Å². The molecule has 0 rings (SSSR count). The van der Waals surface area contributed by atoms with Crippen molar-refractivity contribution in [3.05, 3.63) is 0 Å². The molecule has 0 aliphatic rings. The number of carbonyl (C=O) groups is 1. The van der Waals surface area contributed by atoms with Gasteiger partial charge in [0.2, 0.25) is 0 Å². The van der Waals surface area contributed by atoms with Crippen molar-refractivity contribution >= 4 is 24.7 Å². The number of aliphatic carboxylic acids is 1. The summed E-state index contributed by atoms with van der Waals surface area (Å²) in [6, 6.07) is 0. The van der Waals surface area contributed by atoms with E-state index in [4.69, 9.17) is 25.8 Å². The fourth-order valence-corrected chi connectivity index (χ4v) is 0. The van der Waals surface area contributed by atoms with Crippen molar-refractivity contribution in [2.75, 3.05) is 0 Å². The molecule has 0 atom stereocenters. The average Bonchev–Trinajstić information content (AvgIpc) is 1.19. The molecule has 0 radical (unpaired) electrons. The van der Waals surface area contributed by atoms with Crippen molar-refractivity contribution in [1.29, 1.82) is 0 Å². The molecule has 0 unspecified atom stereocenters. The Labute approximate surface area is 60.1 Å². The number of hydrogen-bond acceptors (Lipinski definition) is 2. The molecule has 2 N–H and O–H groups in total. The van der Waals surface area contributed by atoms with Gasteiger partial charge >= 0.3 is 0 Å². The molecule has 0 heterocycles. The quantitative estimate of drug-likeness (QED) is 0.422. The fourth-order valence-electron chi connectivity index (χ4n) is 0. The van der Waals surface area contributed by atoms with Gasteiger partial charge in [-0.15, -0.1) is 11.1 Å². The highest BCUT2D eigenvalue weighted by Crippen LogP contribution is 1.98. The molecular formula is C4H11ClO3Si. The van der Waals surface area contributed by atoms with Gasteiger partial charge in [-0.1, -0.05) is 0 Å². The minimum Gasteiger partial charge on any atom is -0.481 e. The van der Waals surface area contributed by atoms with E-state index < -0.39 is 13.6 Å². The third kappa shape index (κ3) is 70200. The minimum atomic E-state index is -2.14. The summed E-state index contributed by atoms with van der Waals surface area (Å²) in [5, 5.41) is 7.42. The van der Waals surface area contributed by atoms with Crippen LogP contribution in [0.15, 0.2) is 0 Å². The van der Waals surface area contributed by atoms with Gasteiger partial charge in [0.25, 0.3) is 13.6 Å². The Morgan fingerprint density at radius 3 is 1.56 bits per heavy atom. The van der Waals surface area contributed by atoms with Crippen LogP contribution in [-0.4, -0.2) is 23.5 Å². The molecule has 0 bridgehead atoms. The topological polar surface area (TPSA) is 57.5 Å². The smallest absolute Gasteiger partial charge is 0.300 e. The first-order valence-electron chi connectivity index (χ1n) is 2.34. The highest BCUT2D eigenvalue weighted by atomic mass is 35.6. The van der Waals surface area contributed by atoms with Crippen LogP contribution in [0.25, 0.3) is 0 Å². The molecule has 0 saturated heterocycles. The van der Waals surface area contributed by atoms with Crippen molar-refractivity contribution in [3.63, 3.8) is 0 Å². The lowest BCUT2D eigenvalue weighted by Crippen LogP contribution is -2.13. The maximum atomic E-state index is 9.00. The van der Waals surface area contributed by atoms with Gasteiger partial charge in [0, 0.05) is 6.92 Å². The molecule has 0 fully saturated rings. The predicted molar refractivity (Wildman–Crippen MR) is 38.9 cm³/mol. The number of hydrogen-bond donors (Lipinski definition) is 2. The van der Waals surface area contributed by atoms with E-state index in [9.17, 15) is 0 Å². The molecular weight excluding hydrogens is 160 g/mol. The van der Waals surface area contributed by atoms with E-state index in [1.165, 1.54) is 0 Å². The lowest BCUT2D eigenvalue weighted by molar-refractivity contribution is -0.134. The van der Waals surface area contributed by atoms with Crippen LogP contribution in [-0.2, 0) is 4.79 Å². The molecule has 9 heavy (non-hydrogen) atoms. The van der Waals surface area contributed by atoms with E-state index >= 15 is 0 Å². The molecule has 0 aliphatic heterocycles. The van der Waals surface area contributed by atoms with Crippen molar-refractivity contribution in [2.45, 2.75) is 20.0 Å². The third-order valence-corrected chi connectivity index (χ3v) is 0. The van der Waals surface area contributed by atoms with E-state index in [-0.39, 0.29) is 0 Å². The number of carboxylic acids is 1. The molecule has 0 aromatic heterocycles. The Kier molecular flexibility index (Phi) is 6.22. The summed E-state index contributed by atoms with van der Waals surface area (Å²) in [5.41, 5.74) is 0. The first-order chi connectivity index (χ1) is 3.73. The molecule has 3 nitrogen and oxygen atoms in total. The lowest BCUT2D eigenvalue weighted by atomic mass is 10.9. The molecule has 0 saturated carbocycles. The van der Waals surface area contributed by atoms with E-state index in [1.807, 2.05) is 0 Å². The second kappa shape index (κ2) is 4.78. The van der Waals surface area contributed by atoms with Gasteiger partial charge in [-0.3, -0.25) is 4.79 Å². The molecule has 0 aliphatic carbocycles. The molecule has 0 aromatic rings. The Bertz CT molecular complexity index is 78.3. The Morgan fingerprint density at radius 1 is 1.56 bits per heavy atom. The summed E-state index contributed by atoms with van der Waals surface area (Å²) in [4.78, 5) is 17.4. The second-order valence-electron chi connectivity index (χ2n) is 1.93. The predicted octanol–water partition coefficient (Wildman–Crippen LogP) is 1.01. The summed E-state index contributed by atoms with van der Waals surface area (Å²) in [6.45, 7) is 4.38. The van der Waals surface area contributed by atoms with E-state index in [0.29, 0.717) is 0 Å². The Morgan fingerprint density at radius 2 is 1.56 bits per heavy atom. The van der Waals surface area contributed by atoms with Crippen LogP contribution in [0.1, 0.15) is 6.92 Å². The SMILES string of the molecule is CC(=O)O.C[Si](C)(O)Cl. The van der Waals surface area contributed by atoms with Crippen molar-refractivity contribution in [1.82, 2.24) is 0 Å². The molecule has 56 valence electrons. The largest absolute Gasteiger partial charge is 0.481 e. The monoisotopic (exact) mass is 170 g/mol.